The van der Waals surface area contributed by atoms with Gasteiger partial charge < -0.3 is 14.5 Å². The van der Waals surface area contributed by atoms with Crippen molar-refractivity contribution in [3.8, 4) is 16.9 Å². The number of H-pyrrole nitrogens is 1. The van der Waals surface area contributed by atoms with Crippen molar-refractivity contribution in [1.82, 2.24) is 25.0 Å². The van der Waals surface area contributed by atoms with Gasteiger partial charge in [0, 0.05) is 48.1 Å². The van der Waals surface area contributed by atoms with Crippen LogP contribution in [-0.2, 0) is 0 Å². The van der Waals surface area contributed by atoms with Gasteiger partial charge in [-0.2, -0.15) is 5.10 Å². The molecule has 1 aliphatic rings. The zero-order valence-electron chi connectivity index (χ0n) is 19.9. The van der Waals surface area contributed by atoms with Gasteiger partial charge in [-0.05, 0) is 62.3 Å². The number of likely N-dealkylation sites (tertiary alicyclic amines) is 1. The van der Waals surface area contributed by atoms with Gasteiger partial charge in [0.1, 0.15) is 11.6 Å². The lowest BCUT2D eigenvalue weighted by molar-refractivity contribution is 0.0640. The number of aromatic nitrogens is 3. The summed E-state index contributed by atoms with van der Waals surface area (Å²) >= 11 is 0. The molecule has 0 saturated carbocycles. The van der Waals surface area contributed by atoms with Crippen LogP contribution in [0.2, 0.25) is 0 Å². The highest BCUT2D eigenvalue weighted by atomic mass is 19.1. The van der Waals surface area contributed by atoms with Crippen molar-refractivity contribution in [2.24, 2.45) is 0 Å². The Balaban J connectivity index is 1.49. The lowest BCUT2D eigenvalue weighted by atomic mass is 10.00. The third-order valence-corrected chi connectivity index (χ3v) is 6.58. The van der Waals surface area contributed by atoms with Crippen molar-refractivity contribution in [1.29, 1.82) is 0 Å². The van der Waals surface area contributed by atoms with Crippen molar-refractivity contribution >= 4 is 16.8 Å². The molecular formula is C27H28FN5O2. The van der Waals surface area contributed by atoms with E-state index in [0.717, 1.165) is 41.5 Å². The van der Waals surface area contributed by atoms with Crippen LogP contribution in [0.3, 0.4) is 0 Å². The minimum atomic E-state index is -0.319. The molecule has 1 fully saturated rings. The number of aromatic amines is 1. The van der Waals surface area contributed by atoms with E-state index in [9.17, 15) is 9.18 Å². The van der Waals surface area contributed by atoms with Gasteiger partial charge in [0.2, 0.25) is 0 Å². The Morgan fingerprint density at radius 2 is 2.06 bits per heavy atom. The number of halogens is 1. The number of carbonyl (C=O) groups excluding carboxylic acids is 1. The highest BCUT2D eigenvalue weighted by Crippen LogP contribution is 2.33. The summed E-state index contributed by atoms with van der Waals surface area (Å²) in [6, 6.07) is 11.5. The van der Waals surface area contributed by atoms with E-state index >= 15 is 0 Å². The number of hydrogen-bond acceptors (Lipinski definition) is 5. The number of benzene rings is 2. The maximum absolute atomic E-state index is 13.8. The maximum Gasteiger partial charge on any atom is 0.254 e. The van der Waals surface area contributed by atoms with Gasteiger partial charge in [0.15, 0.2) is 0 Å². The quantitative estimate of drug-likeness (QED) is 0.402. The molecule has 8 heteroatoms. The molecule has 1 amide bonds. The Bertz CT molecular complexity index is 1350. The number of ether oxygens (including phenoxy) is 1. The predicted octanol–water partition coefficient (Wildman–Crippen LogP) is 4.68. The molecular weight excluding hydrogens is 445 g/mol. The zero-order valence-corrected chi connectivity index (χ0v) is 19.9. The largest absolute Gasteiger partial charge is 0.493 e. The molecule has 4 aromatic rings. The van der Waals surface area contributed by atoms with Crippen LogP contribution in [0.1, 0.15) is 35.3 Å². The summed E-state index contributed by atoms with van der Waals surface area (Å²) < 4.78 is 19.7. The minimum absolute atomic E-state index is 0.126. The third kappa shape index (κ3) is 4.61. The number of nitrogens with one attached hydrogen (secondary N) is 1. The minimum Gasteiger partial charge on any atom is -0.493 e. The normalized spacial score (nSPS) is 14.5. The van der Waals surface area contributed by atoms with Gasteiger partial charge >= 0.3 is 0 Å². The first-order valence-electron chi connectivity index (χ1n) is 11.8. The van der Waals surface area contributed by atoms with Gasteiger partial charge in [0.25, 0.3) is 5.91 Å². The Kier molecular flexibility index (Phi) is 6.46. The summed E-state index contributed by atoms with van der Waals surface area (Å²) in [5.41, 5.74) is 3.78. The average Bonchev–Trinajstić information content (AvgIpc) is 3.32. The molecule has 0 bridgehead atoms. The molecule has 1 N–H and O–H groups in total. The van der Waals surface area contributed by atoms with Crippen molar-refractivity contribution < 1.29 is 13.9 Å². The first-order valence-corrected chi connectivity index (χ1v) is 11.8. The number of carbonyl (C=O) groups is 1. The van der Waals surface area contributed by atoms with Crippen LogP contribution in [0.5, 0.6) is 5.75 Å². The number of amides is 1. The predicted molar refractivity (Wildman–Crippen MR) is 133 cm³/mol. The van der Waals surface area contributed by atoms with E-state index in [2.05, 4.69) is 20.1 Å². The Labute approximate surface area is 203 Å². The van der Waals surface area contributed by atoms with Crippen molar-refractivity contribution in [2.45, 2.75) is 19.4 Å². The van der Waals surface area contributed by atoms with Crippen LogP contribution < -0.4 is 4.74 Å². The van der Waals surface area contributed by atoms with Gasteiger partial charge in [0.05, 0.1) is 24.4 Å². The lowest BCUT2D eigenvalue weighted by Gasteiger charge is -2.38. The molecule has 35 heavy (non-hydrogen) atoms. The molecule has 0 aliphatic carbocycles. The van der Waals surface area contributed by atoms with Gasteiger partial charge in [-0.1, -0.05) is 12.1 Å². The molecule has 2 aromatic heterocycles. The number of nitrogens with zero attached hydrogens (tertiary/aromatic N) is 4. The molecule has 1 saturated heterocycles. The van der Waals surface area contributed by atoms with Crippen LogP contribution in [0.15, 0.2) is 61.1 Å². The fourth-order valence-corrected chi connectivity index (χ4v) is 4.55. The van der Waals surface area contributed by atoms with E-state index in [1.54, 1.807) is 35.5 Å². The average molecular weight is 474 g/mol. The third-order valence-electron chi connectivity index (χ3n) is 6.58. The zero-order chi connectivity index (χ0) is 24.4. The SMILES string of the molecule is CCOc1cc(C(=O)N(C)[C@@H](CN2CCC2)c2cncc3cn[nH]c23)ccc1-c1cccc(F)c1. The lowest BCUT2D eigenvalue weighted by Crippen LogP contribution is -2.45. The summed E-state index contributed by atoms with van der Waals surface area (Å²) in [5, 5.41) is 8.15. The Morgan fingerprint density at radius 1 is 1.20 bits per heavy atom. The number of likely N-dealkylation sites (N-methyl/N-ethyl adjacent to an activating group) is 1. The van der Waals surface area contributed by atoms with E-state index in [0.29, 0.717) is 30.0 Å². The standard InChI is InChI=1S/C27H28FN5O2/c1-3-35-25-13-19(8-9-22(25)18-6-4-7-21(28)12-18)27(34)32(2)24(17-33-10-5-11-33)23-16-29-14-20-15-30-31-26(20)23/h4,6-9,12-16,24H,3,5,10-11,17H2,1-2H3,(H,30,31)/t24-/m0/s1. The molecule has 3 heterocycles. The van der Waals surface area contributed by atoms with Crippen molar-refractivity contribution in [3.63, 3.8) is 0 Å². The first-order chi connectivity index (χ1) is 17.0. The van der Waals surface area contributed by atoms with Crippen LogP contribution >= 0.6 is 0 Å². The Morgan fingerprint density at radius 3 is 2.80 bits per heavy atom. The van der Waals surface area contributed by atoms with E-state index in [-0.39, 0.29) is 17.8 Å². The molecule has 0 unspecified atom stereocenters. The second kappa shape index (κ2) is 9.84. The van der Waals surface area contributed by atoms with Crippen LogP contribution in [-0.4, -0.2) is 64.2 Å². The monoisotopic (exact) mass is 473 g/mol. The molecule has 2 aromatic carbocycles. The van der Waals surface area contributed by atoms with Gasteiger partial charge in [-0.15, -0.1) is 0 Å². The number of pyridine rings is 1. The van der Waals surface area contributed by atoms with E-state index in [1.807, 2.05) is 32.3 Å². The summed E-state index contributed by atoms with van der Waals surface area (Å²) in [4.78, 5) is 22.2. The maximum atomic E-state index is 13.8. The molecule has 1 aliphatic heterocycles. The van der Waals surface area contributed by atoms with Gasteiger partial charge in [-0.25, -0.2) is 4.39 Å². The highest BCUT2D eigenvalue weighted by Gasteiger charge is 2.29. The summed E-state index contributed by atoms with van der Waals surface area (Å²) in [7, 11) is 1.82. The molecule has 0 spiro atoms. The number of fused-ring (bicyclic) bond motifs is 1. The summed E-state index contributed by atoms with van der Waals surface area (Å²) in [6.07, 6.45) is 6.49. The van der Waals surface area contributed by atoms with Crippen molar-refractivity contribution in [3.05, 3.63) is 78.0 Å². The fourth-order valence-electron chi connectivity index (χ4n) is 4.55. The smallest absolute Gasteiger partial charge is 0.254 e. The number of hydrogen-bond donors (Lipinski definition) is 1. The second-order valence-electron chi connectivity index (χ2n) is 8.80. The first kappa shape index (κ1) is 23.0. The van der Waals surface area contributed by atoms with Crippen LogP contribution in [0.4, 0.5) is 4.39 Å². The topological polar surface area (TPSA) is 74.3 Å². The van der Waals surface area contributed by atoms with Crippen LogP contribution in [0.25, 0.3) is 22.0 Å². The number of rotatable bonds is 8. The molecule has 5 rings (SSSR count). The second-order valence-corrected chi connectivity index (χ2v) is 8.80. The molecule has 7 nitrogen and oxygen atoms in total. The fraction of sp³-hybridized carbons (Fsp3) is 0.296. The van der Waals surface area contributed by atoms with E-state index in [4.69, 9.17) is 4.74 Å². The Hall–Kier alpha value is -3.78. The van der Waals surface area contributed by atoms with Gasteiger partial charge in [-0.3, -0.25) is 14.9 Å². The molecule has 0 radical (unpaired) electrons. The highest BCUT2D eigenvalue weighted by molar-refractivity contribution is 5.96. The van der Waals surface area contributed by atoms with E-state index in [1.165, 1.54) is 12.1 Å². The van der Waals surface area contributed by atoms with E-state index < -0.39 is 0 Å². The molecule has 1 atom stereocenters. The summed E-state index contributed by atoms with van der Waals surface area (Å²) in [5.74, 6) is 0.105. The van der Waals surface area contributed by atoms with Crippen molar-refractivity contribution in [2.75, 3.05) is 33.3 Å². The van der Waals surface area contributed by atoms with Crippen LogP contribution in [0, 0.1) is 5.82 Å². The summed E-state index contributed by atoms with van der Waals surface area (Å²) in [6.45, 7) is 5.06. The molecule has 180 valence electrons.